The Balaban J connectivity index is 2.73. The van der Waals surface area contributed by atoms with Gasteiger partial charge in [-0.2, -0.15) is 0 Å². The third-order valence-corrected chi connectivity index (χ3v) is 3.10. The van der Waals surface area contributed by atoms with E-state index >= 15 is 0 Å². The molecule has 0 aliphatic heterocycles. The quantitative estimate of drug-likeness (QED) is 0.489. The fraction of sp³-hybridized carbons (Fsp3) is 0.500. The van der Waals surface area contributed by atoms with E-state index < -0.39 is 13.4 Å². The van der Waals surface area contributed by atoms with E-state index in [9.17, 15) is 9.46 Å². The van der Waals surface area contributed by atoms with Crippen LogP contribution in [0.4, 0.5) is 0 Å². The minimum Gasteiger partial charge on any atom is -0.301 e. The molecule has 0 fully saturated rings. The third-order valence-electron chi connectivity index (χ3n) is 2.14. The number of rotatable bonds is 6. The van der Waals surface area contributed by atoms with Crippen LogP contribution in [0.15, 0.2) is 30.3 Å². The van der Waals surface area contributed by atoms with Crippen molar-refractivity contribution in [2.45, 2.75) is 39.4 Å². The number of hydrogen-bond donors (Lipinski definition) is 1. The smallest absolute Gasteiger partial charge is 0.301 e. The molecule has 0 radical (unpaired) electrons. The van der Waals surface area contributed by atoms with Crippen LogP contribution in [0.1, 0.15) is 33.3 Å². The van der Waals surface area contributed by atoms with E-state index in [0.29, 0.717) is 0 Å². The summed E-state index contributed by atoms with van der Waals surface area (Å²) >= 11 is 0. The van der Waals surface area contributed by atoms with Gasteiger partial charge in [-0.1, -0.05) is 30.3 Å². The second kappa shape index (κ2) is 5.95. The van der Waals surface area contributed by atoms with Crippen LogP contribution in [-0.2, 0) is 24.3 Å². The molecule has 0 aliphatic rings. The van der Waals surface area contributed by atoms with Crippen molar-refractivity contribution in [3.8, 4) is 0 Å². The summed E-state index contributed by atoms with van der Waals surface area (Å²) in [6, 6.07) is 9.13. The molecule has 1 unspecified atom stereocenters. The summed E-state index contributed by atoms with van der Waals surface area (Å²) in [5, 5.41) is 0. The van der Waals surface area contributed by atoms with Crippen molar-refractivity contribution in [1.82, 2.24) is 0 Å². The first-order chi connectivity index (χ1) is 8.23. The molecule has 1 aromatic rings. The first kappa shape index (κ1) is 15.3. The van der Waals surface area contributed by atoms with Crippen LogP contribution in [0.25, 0.3) is 0 Å². The monoisotopic (exact) mass is 274 g/mol. The second-order valence-corrected chi connectivity index (χ2v) is 5.92. The van der Waals surface area contributed by atoms with E-state index in [1.807, 2.05) is 30.3 Å². The molecule has 0 spiro atoms. The molecule has 6 heteroatoms. The lowest BCUT2D eigenvalue weighted by Gasteiger charge is -2.27. The molecule has 0 saturated carbocycles. The maximum atomic E-state index is 11.7. The molecule has 0 bridgehead atoms. The van der Waals surface area contributed by atoms with Gasteiger partial charge in [-0.15, -0.1) is 4.67 Å². The topological polar surface area (TPSA) is 65.0 Å². The van der Waals surface area contributed by atoms with Gasteiger partial charge in [0.1, 0.15) is 0 Å². The Labute approximate surface area is 107 Å². The molecule has 1 rings (SSSR count). The average molecular weight is 274 g/mol. The Bertz CT molecular complexity index is 416. The Morgan fingerprint density at radius 1 is 1.22 bits per heavy atom. The van der Waals surface area contributed by atoms with Crippen molar-refractivity contribution < 1.29 is 23.5 Å². The Morgan fingerprint density at radius 3 is 2.28 bits per heavy atom. The molecule has 0 aromatic heterocycles. The number of phosphoric acid groups is 1. The van der Waals surface area contributed by atoms with Crippen molar-refractivity contribution in [3.63, 3.8) is 0 Å². The summed E-state index contributed by atoms with van der Waals surface area (Å²) < 4.78 is 21.3. The van der Waals surface area contributed by atoms with Gasteiger partial charge < -0.3 is 4.89 Å². The highest BCUT2D eigenvalue weighted by molar-refractivity contribution is 7.47. The van der Waals surface area contributed by atoms with E-state index in [0.717, 1.165) is 5.56 Å². The summed E-state index contributed by atoms with van der Waals surface area (Å²) in [5.41, 5.74) is -0.182. The van der Waals surface area contributed by atoms with Crippen molar-refractivity contribution in [3.05, 3.63) is 35.9 Å². The molecule has 0 heterocycles. The fourth-order valence-electron chi connectivity index (χ4n) is 1.34. The first-order valence-electron chi connectivity index (χ1n) is 5.67. The average Bonchev–Trinajstić information content (AvgIpc) is 2.26. The zero-order chi connectivity index (χ0) is 13.8. The molecule has 1 aromatic carbocycles. The van der Waals surface area contributed by atoms with E-state index in [-0.39, 0.29) is 6.10 Å². The van der Waals surface area contributed by atoms with E-state index in [1.165, 1.54) is 0 Å². The zero-order valence-electron chi connectivity index (χ0n) is 11.0. The molecule has 1 atom stereocenters. The standard InChI is InChI=1S/C12H19O5P/c1-10(2)15-17-18(13,14)16-12(3,4)11-8-6-5-7-9-11/h5-10H,1-4H3,(H,13,14). The molecule has 5 nitrogen and oxygen atoms in total. The molecular weight excluding hydrogens is 255 g/mol. The van der Waals surface area contributed by atoms with Crippen LogP contribution in [0, 0.1) is 0 Å². The molecule has 1 N–H and O–H groups in total. The highest BCUT2D eigenvalue weighted by atomic mass is 31.2. The number of benzene rings is 1. The van der Waals surface area contributed by atoms with Crippen molar-refractivity contribution in [1.29, 1.82) is 0 Å². The summed E-state index contributed by atoms with van der Waals surface area (Å²) in [6.45, 7) is 6.73. The van der Waals surface area contributed by atoms with Crippen molar-refractivity contribution in [2.75, 3.05) is 0 Å². The predicted octanol–water partition coefficient (Wildman–Crippen LogP) is 3.40. The van der Waals surface area contributed by atoms with Crippen LogP contribution in [0.3, 0.4) is 0 Å². The van der Waals surface area contributed by atoms with Gasteiger partial charge in [0.15, 0.2) is 0 Å². The Hall–Kier alpha value is -0.710. The van der Waals surface area contributed by atoms with Gasteiger partial charge >= 0.3 is 7.82 Å². The van der Waals surface area contributed by atoms with Crippen molar-refractivity contribution >= 4 is 7.82 Å². The highest BCUT2D eigenvalue weighted by Gasteiger charge is 2.34. The van der Waals surface area contributed by atoms with Gasteiger partial charge in [0.05, 0.1) is 11.7 Å². The molecule has 0 amide bonds. The lowest BCUT2D eigenvalue weighted by molar-refractivity contribution is -0.254. The summed E-state index contributed by atoms with van der Waals surface area (Å²) in [5.74, 6) is 0. The Morgan fingerprint density at radius 2 is 1.78 bits per heavy atom. The van der Waals surface area contributed by atoms with Gasteiger partial charge in [-0.25, -0.2) is 9.45 Å². The summed E-state index contributed by atoms with van der Waals surface area (Å²) in [7, 11) is -4.26. The summed E-state index contributed by atoms with van der Waals surface area (Å²) in [6.07, 6.45) is -0.325. The molecule has 0 saturated heterocycles. The second-order valence-electron chi connectivity index (χ2n) is 4.66. The minimum absolute atomic E-state index is 0.325. The van der Waals surface area contributed by atoms with Crippen LogP contribution in [0.2, 0.25) is 0 Å². The molecule has 0 aliphatic carbocycles. The van der Waals surface area contributed by atoms with E-state index in [1.54, 1.807) is 27.7 Å². The van der Waals surface area contributed by atoms with Crippen LogP contribution < -0.4 is 0 Å². The molecular formula is C12H19O5P. The SMILES string of the molecule is CC(C)OOP(=O)(O)OC(C)(C)c1ccccc1. The van der Waals surface area contributed by atoms with Gasteiger partial charge in [-0.05, 0) is 33.3 Å². The lowest BCUT2D eigenvalue weighted by atomic mass is 9.99. The zero-order valence-corrected chi connectivity index (χ0v) is 11.9. The largest absolute Gasteiger partial charge is 0.500 e. The van der Waals surface area contributed by atoms with Crippen LogP contribution in [-0.4, -0.2) is 11.0 Å². The van der Waals surface area contributed by atoms with Gasteiger partial charge in [0.2, 0.25) is 0 Å². The van der Waals surface area contributed by atoms with Gasteiger partial charge in [0.25, 0.3) is 0 Å². The molecule has 18 heavy (non-hydrogen) atoms. The fourth-order valence-corrected chi connectivity index (χ4v) is 2.33. The first-order valence-corrected chi connectivity index (χ1v) is 7.17. The van der Waals surface area contributed by atoms with Crippen LogP contribution >= 0.6 is 7.82 Å². The number of hydrogen-bond acceptors (Lipinski definition) is 4. The van der Waals surface area contributed by atoms with Crippen LogP contribution in [0.5, 0.6) is 0 Å². The van der Waals surface area contributed by atoms with E-state index in [2.05, 4.69) is 9.56 Å². The van der Waals surface area contributed by atoms with Gasteiger partial charge in [0, 0.05) is 0 Å². The predicted molar refractivity (Wildman–Crippen MR) is 67.7 cm³/mol. The van der Waals surface area contributed by atoms with E-state index in [4.69, 9.17) is 4.52 Å². The number of phosphoric ester groups is 1. The van der Waals surface area contributed by atoms with Gasteiger partial charge in [-0.3, -0.25) is 4.52 Å². The molecule has 102 valence electrons. The third kappa shape index (κ3) is 4.88. The highest BCUT2D eigenvalue weighted by Crippen LogP contribution is 2.50. The minimum atomic E-state index is -4.26. The lowest BCUT2D eigenvalue weighted by Crippen LogP contribution is -2.21. The summed E-state index contributed by atoms with van der Waals surface area (Å²) in [4.78, 5) is 14.2. The maximum Gasteiger partial charge on any atom is 0.500 e. The van der Waals surface area contributed by atoms with Crippen molar-refractivity contribution in [2.24, 2.45) is 0 Å². The maximum absolute atomic E-state index is 11.7. The normalized spacial score (nSPS) is 15.7. The Kier molecular flexibility index (Phi) is 5.08.